The maximum Gasteiger partial charge on any atom is 0.308 e. The number of fused-ring (bicyclic) bond motifs is 1. The number of aryl methyl sites for hydroxylation is 1. The zero-order valence-electron chi connectivity index (χ0n) is 6.47. The van der Waals surface area contributed by atoms with Crippen LogP contribution in [0.4, 0.5) is 0 Å². The van der Waals surface area contributed by atoms with Crippen molar-refractivity contribution in [3.8, 4) is 0 Å². The van der Waals surface area contributed by atoms with E-state index in [-0.39, 0.29) is 5.92 Å². The Morgan fingerprint density at radius 1 is 1.75 bits per heavy atom. The first kappa shape index (κ1) is 7.27. The lowest BCUT2D eigenvalue weighted by molar-refractivity contribution is -0.142. The maximum atomic E-state index is 10.6. The van der Waals surface area contributed by atoms with Crippen LogP contribution in [0.2, 0.25) is 0 Å². The number of rotatable bonds is 1. The quantitative estimate of drug-likeness (QED) is 0.635. The van der Waals surface area contributed by atoms with Crippen LogP contribution in [0, 0.1) is 5.92 Å². The van der Waals surface area contributed by atoms with E-state index in [4.69, 9.17) is 5.11 Å². The van der Waals surface area contributed by atoms with Crippen LogP contribution in [0.3, 0.4) is 0 Å². The van der Waals surface area contributed by atoms with E-state index in [0.29, 0.717) is 13.0 Å². The molecule has 1 aromatic rings. The minimum atomic E-state index is -0.727. The molecule has 64 valence electrons. The van der Waals surface area contributed by atoms with Crippen molar-refractivity contribution in [2.24, 2.45) is 5.92 Å². The van der Waals surface area contributed by atoms with Crippen molar-refractivity contribution in [3.63, 3.8) is 0 Å². The van der Waals surface area contributed by atoms with Gasteiger partial charge in [0.25, 0.3) is 0 Å². The monoisotopic (exact) mass is 167 g/mol. The first-order valence-corrected chi connectivity index (χ1v) is 3.87. The lowest BCUT2D eigenvalue weighted by atomic mass is 10.00. The predicted molar refractivity (Wildman–Crippen MR) is 39.5 cm³/mol. The third-order valence-corrected chi connectivity index (χ3v) is 2.18. The van der Waals surface area contributed by atoms with Gasteiger partial charge >= 0.3 is 5.97 Å². The van der Waals surface area contributed by atoms with Gasteiger partial charge in [-0.1, -0.05) is 0 Å². The molecule has 1 atom stereocenters. The van der Waals surface area contributed by atoms with Crippen LogP contribution in [0.25, 0.3) is 0 Å². The summed E-state index contributed by atoms with van der Waals surface area (Å²) in [5, 5.41) is 16.3. The Morgan fingerprint density at radius 3 is 3.33 bits per heavy atom. The number of aliphatic carboxylic acids is 1. The first-order valence-electron chi connectivity index (χ1n) is 3.87. The van der Waals surface area contributed by atoms with Gasteiger partial charge in [0.2, 0.25) is 0 Å². The summed E-state index contributed by atoms with van der Waals surface area (Å²) >= 11 is 0. The lowest BCUT2D eigenvalue weighted by Gasteiger charge is -2.18. The van der Waals surface area contributed by atoms with Gasteiger partial charge in [-0.15, -0.1) is 10.2 Å². The van der Waals surface area contributed by atoms with E-state index in [1.165, 1.54) is 0 Å². The highest BCUT2D eigenvalue weighted by molar-refractivity contribution is 5.70. The van der Waals surface area contributed by atoms with Gasteiger partial charge in [-0.25, -0.2) is 0 Å². The van der Waals surface area contributed by atoms with Crippen molar-refractivity contribution in [1.82, 2.24) is 14.8 Å². The molecule has 0 saturated carbocycles. The van der Waals surface area contributed by atoms with E-state index in [9.17, 15) is 4.79 Å². The summed E-state index contributed by atoms with van der Waals surface area (Å²) in [6.07, 6.45) is 2.98. The van der Waals surface area contributed by atoms with Crippen LogP contribution in [0.1, 0.15) is 12.2 Å². The Balaban J connectivity index is 2.20. The molecule has 1 N–H and O–H groups in total. The van der Waals surface area contributed by atoms with Gasteiger partial charge in [0, 0.05) is 13.0 Å². The number of carboxylic acid groups (broad SMARTS) is 1. The number of hydrogen-bond acceptors (Lipinski definition) is 3. The van der Waals surface area contributed by atoms with Crippen LogP contribution in [-0.2, 0) is 17.8 Å². The molecule has 2 rings (SSSR count). The SMILES string of the molecule is O=C(O)C1CCc2nncn2C1. The fraction of sp³-hybridized carbons (Fsp3) is 0.571. The number of hydrogen-bond donors (Lipinski definition) is 1. The molecule has 2 heterocycles. The van der Waals surface area contributed by atoms with E-state index in [1.807, 2.05) is 4.57 Å². The first-order chi connectivity index (χ1) is 5.77. The maximum absolute atomic E-state index is 10.6. The molecule has 0 spiro atoms. The van der Waals surface area contributed by atoms with Crippen molar-refractivity contribution >= 4 is 5.97 Å². The van der Waals surface area contributed by atoms with Gasteiger partial charge in [-0.05, 0) is 6.42 Å². The smallest absolute Gasteiger partial charge is 0.308 e. The molecule has 1 unspecified atom stereocenters. The van der Waals surface area contributed by atoms with Crippen LogP contribution in [0.5, 0.6) is 0 Å². The van der Waals surface area contributed by atoms with Crippen molar-refractivity contribution in [2.45, 2.75) is 19.4 Å². The minimum absolute atomic E-state index is 0.270. The molecule has 0 radical (unpaired) electrons. The largest absolute Gasteiger partial charge is 0.481 e. The molecule has 0 bridgehead atoms. The second-order valence-corrected chi connectivity index (χ2v) is 2.97. The highest BCUT2D eigenvalue weighted by atomic mass is 16.4. The van der Waals surface area contributed by atoms with Gasteiger partial charge in [-0.2, -0.15) is 0 Å². The Hall–Kier alpha value is -1.39. The topological polar surface area (TPSA) is 68.0 Å². The van der Waals surface area contributed by atoms with Crippen LogP contribution in [-0.4, -0.2) is 25.8 Å². The minimum Gasteiger partial charge on any atom is -0.481 e. The zero-order chi connectivity index (χ0) is 8.55. The van der Waals surface area contributed by atoms with E-state index in [1.54, 1.807) is 6.33 Å². The Kier molecular flexibility index (Phi) is 1.56. The van der Waals surface area contributed by atoms with Crippen LogP contribution in [0.15, 0.2) is 6.33 Å². The summed E-state index contributed by atoms with van der Waals surface area (Å²) in [7, 11) is 0. The fourth-order valence-electron chi connectivity index (χ4n) is 1.46. The molecular formula is C7H9N3O2. The molecule has 0 aromatic carbocycles. The molecule has 1 aliphatic rings. The van der Waals surface area contributed by atoms with E-state index >= 15 is 0 Å². The Bertz CT molecular complexity index is 307. The van der Waals surface area contributed by atoms with Crippen LogP contribution >= 0.6 is 0 Å². The molecule has 5 heteroatoms. The molecule has 1 aliphatic heterocycles. The molecule has 1 aromatic heterocycles. The molecule has 0 aliphatic carbocycles. The summed E-state index contributed by atoms with van der Waals surface area (Å²) < 4.78 is 1.81. The van der Waals surface area contributed by atoms with Gasteiger partial charge in [0.1, 0.15) is 12.2 Å². The Morgan fingerprint density at radius 2 is 2.58 bits per heavy atom. The van der Waals surface area contributed by atoms with Crippen molar-refractivity contribution in [2.75, 3.05) is 0 Å². The van der Waals surface area contributed by atoms with E-state index in [2.05, 4.69) is 10.2 Å². The molecule has 12 heavy (non-hydrogen) atoms. The predicted octanol–water partition coefficient (Wildman–Crippen LogP) is -0.0749. The summed E-state index contributed by atoms with van der Waals surface area (Å²) in [5.74, 6) is -0.102. The number of nitrogens with zero attached hydrogens (tertiary/aromatic N) is 3. The molecule has 5 nitrogen and oxygen atoms in total. The average molecular weight is 167 g/mol. The summed E-state index contributed by atoms with van der Waals surface area (Å²) in [6.45, 7) is 0.512. The highest BCUT2D eigenvalue weighted by Crippen LogP contribution is 2.17. The molecule has 0 amide bonds. The average Bonchev–Trinajstić information content (AvgIpc) is 2.49. The number of aromatic nitrogens is 3. The van der Waals surface area contributed by atoms with Gasteiger partial charge in [0.05, 0.1) is 5.92 Å². The van der Waals surface area contributed by atoms with E-state index in [0.717, 1.165) is 12.2 Å². The summed E-state index contributed by atoms with van der Waals surface area (Å²) in [4.78, 5) is 10.6. The number of carbonyl (C=O) groups is 1. The zero-order valence-corrected chi connectivity index (χ0v) is 6.47. The molecular weight excluding hydrogens is 158 g/mol. The number of carboxylic acids is 1. The van der Waals surface area contributed by atoms with Gasteiger partial charge in [0.15, 0.2) is 0 Å². The standard InChI is InChI=1S/C7H9N3O2/c11-7(12)5-1-2-6-9-8-4-10(6)3-5/h4-5H,1-3H2,(H,11,12). The van der Waals surface area contributed by atoms with E-state index < -0.39 is 5.97 Å². The fourth-order valence-corrected chi connectivity index (χ4v) is 1.46. The summed E-state index contributed by atoms with van der Waals surface area (Å²) in [5.41, 5.74) is 0. The second-order valence-electron chi connectivity index (χ2n) is 2.97. The van der Waals surface area contributed by atoms with Gasteiger partial charge < -0.3 is 9.67 Å². The second kappa shape index (κ2) is 2.58. The third-order valence-electron chi connectivity index (χ3n) is 2.18. The molecule has 0 fully saturated rings. The summed E-state index contributed by atoms with van der Waals surface area (Å²) in [6, 6.07) is 0. The highest BCUT2D eigenvalue weighted by Gasteiger charge is 2.24. The van der Waals surface area contributed by atoms with Crippen molar-refractivity contribution in [1.29, 1.82) is 0 Å². The third kappa shape index (κ3) is 1.07. The normalized spacial score (nSPS) is 21.8. The van der Waals surface area contributed by atoms with Gasteiger partial charge in [-0.3, -0.25) is 4.79 Å². The Labute approximate surface area is 69.0 Å². The van der Waals surface area contributed by atoms with Crippen molar-refractivity contribution in [3.05, 3.63) is 12.2 Å². The lowest BCUT2D eigenvalue weighted by Crippen LogP contribution is -2.26. The molecule has 0 saturated heterocycles. The van der Waals surface area contributed by atoms with Crippen molar-refractivity contribution < 1.29 is 9.90 Å². The van der Waals surface area contributed by atoms with Crippen LogP contribution < -0.4 is 0 Å².